The molecule has 0 rings (SSSR count). The Hall–Kier alpha value is -0.780. The van der Waals surface area contributed by atoms with Crippen molar-refractivity contribution >= 4 is 22.7 Å². The summed E-state index contributed by atoms with van der Waals surface area (Å²) in [6.07, 6.45) is -5.03. The first-order valence-electron chi connectivity index (χ1n) is 2.32. The zero-order valence-electron chi connectivity index (χ0n) is 5.28. The molecule has 0 aromatic heterocycles. The van der Waals surface area contributed by atoms with Crippen LogP contribution in [0.4, 0.5) is 13.2 Å². The first kappa shape index (κ1) is 10.2. The number of nitrogens with zero attached hydrogens (tertiary/aromatic N) is 1. The van der Waals surface area contributed by atoms with Gasteiger partial charge < -0.3 is 4.84 Å². The van der Waals surface area contributed by atoms with Gasteiger partial charge in [0.25, 0.3) is 0 Å². The molecular formula is C4H3ClF3NO2. The largest absolute Gasteiger partial charge is 0.493 e. The lowest BCUT2D eigenvalue weighted by molar-refractivity contribution is -0.199. The van der Waals surface area contributed by atoms with E-state index in [2.05, 4.69) is 9.99 Å². The minimum absolute atomic E-state index is 0.289. The van der Waals surface area contributed by atoms with Crippen molar-refractivity contribution in [2.24, 2.45) is 5.16 Å². The molecule has 0 saturated carbocycles. The van der Waals surface area contributed by atoms with Gasteiger partial charge in [-0.2, -0.15) is 13.2 Å². The van der Waals surface area contributed by atoms with E-state index in [0.29, 0.717) is 0 Å². The van der Waals surface area contributed by atoms with Crippen molar-refractivity contribution in [1.82, 2.24) is 0 Å². The van der Waals surface area contributed by atoms with E-state index in [9.17, 15) is 18.0 Å². The molecule has 0 unspecified atom stereocenters. The third kappa shape index (κ3) is 4.60. The molecule has 0 spiro atoms. The summed E-state index contributed by atoms with van der Waals surface area (Å²) in [6.45, 7) is 1.17. The molecule has 64 valence electrons. The van der Waals surface area contributed by atoms with Crippen molar-refractivity contribution in [2.45, 2.75) is 13.1 Å². The number of rotatable bonds is 1. The normalized spacial score (nSPS) is 13.0. The highest BCUT2D eigenvalue weighted by atomic mass is 35.5. The van der Waals surface area contributed by atoms with Crippen LogP contribution in [0.2, 0.25) is 0 Å². The molecule has 0 aliphatic rings. The third-order valence-electron chi connectivity index (χ3n) is 0.486. The van der Waals surface area contributed by atoms with E-state index in [1.54, 1.807) is 0 Å². The van der Waals surface area contributed by atoms with E-state index >= 15 is 0 Å². The fraction of sp³-hybridized carbons (Fsp3) is 0.500. The van der Waals surface area contributed by atoms with Crippen molar-refractivity contribution in [3.8, 4) is 0 Å². The number of alkyl halides is 3. The molecular weight excluding hydrogens is 186 g/mol. The molecule has 3 nitrogen and oxygen atoms in total. The highest BCUT2D eigenvalue weighted by Crippen LogP contribution is 2.16. The predicted octanol–water partition coefficient (Wildman–Crippen LogP) is 1.66. The summed E-state index contributed by atoms with van der Waals surface area (Å²) in [4.78, 5) is 13.2. The van der Waals surface area contributed by atoms with Crippen LogP contribution < -0.4 is 0 Å². The lowest BCUT2D eigenvalue weighted by Gasteiger charge is -2.00. The van der Waals surface area contributed by atoms with Crippen LogP contribution in [0.1, 0.15) is 6.92 Å². The van der Waals surface area contributed by atoms with Gasteiger partial charge in [0.15, 0.2) is 0 Å². The van der Waals surface area contributed by atoms with Crippen LogP contribution >= 0.6 is 11.6 Å². The summed E-state index contributed by atoms with van der Waals surface area (Å²) in [5.41, 5.74) is 0. The maximum absolute atomic E-state index is 11.3. The van der Waals surface area contributed by atoms with Gasteiger partial charge in [0.1, 0.15) is 5.17 Å². The van der Waals surface area contributed by atoms with Gasteiger partial charge in [-0.3, -0.25) is 0 Å². The summed E-state index contributed by atoms with van der Waals surface area (Å²) in [7, 11) is 0. The van der Waals surface area contributed by atoms with Crippen LogP contribution in [0.5, 0.6) is 0 Å². The Morgan fingerprint density at radius 2 is 2.00 bits per heavy atom. The van der Waals surface area contributed by atoms with Crippen molar-refractivity contribution in [3.05, 3.63) is 0 Å². The third-order valence-corrected chi connectivity index (χ3v) is 0.555. The van der Waals surface area contributed by atoms with Gasteiger partial charge in [0, 0.05) is 0 Å². The highest BCUT2D eigenvalue weighted by Gasteiger charge is 2.41. The molecule has 0 fully saturated rings. The van der Waals surface area contributed by atoms with Gasteiger partial charge in [-0.25, -0.2) is 4.79 Å². The fourth-order valence-electron chi connectivity index (χ4n) is 0.156. The van der Waals surface area contributed by atoms with Crippen LogP contribution in [-0.2, 0) is 9.63 Å². The summed E-state index contributed by atoms with van der Waals surface area (Å²) in [6, 6.07) is 0. The number of carbonyl (C=O) groups excluding carboxylic acids is 1. The molecule has 0 atom stereocenters. The van der Waals surface area contributed by atoms with Crippen LogP contribution in [0.15, 0.2) is 5.16 Å². The molecule has 0 saturated heterocycles. The van der Waals surface area contributed by atoms with E-state index in [1.807, 2.05) is 0 Å². The average molecular weight is 190 g/mol. The molecule has 0 aliphatic heterocycles. The van der Waals surface area contributed by atoms with E-state index in [4.69, 9.17) is 11.6 Å². The minimum atomic E-state index is -5.03. The first-order valence-corrected chi connectivity index (χ1v) is 2.70. The van der Waals surface area contributed by atoms with Crippen LogP contribution in [0, 0.1) is 0 Å². The highest BCUT2D eigenvalue weighted by molar-refractivity contribution is 6.64. The molecule has 0 amide bonds. The number of halogens is 4. The molecule has 0 aromatic carbocycles. The van der Waals surface area contributed by atoms with Gasteiger partial charge in [0.05, 0.1) is 0 Å². The van der Waals surface area contributed by atoms with Gasteiger partial charge in [0.2, 0.25) is 0 Å². The zero-order valence-corrected chi connectivity index (χ0v) is 6.03. The van der Waals surface area contributed by atoms with Gasteiger partial charge in [-0.05, 0) is 6.92 Å². The van der Waals surface area contributed by atoms with E-state index in [-0.39, 0.29) is 5.17 Å². The van der Waals surface area contributed by atoms with Gasteiger partial charge in [-0.15, -0.1) is 0 Å². The van der Waals surface area contributed by atoms with Crippen LogP contribution in [0.25, 0.3) is 0 Å². The molecule has 0 aromatic rings. The second kappa shape index (κ2) is 3.56. The molecule has 7 heteroatoms. The second-order valence-electron chi connectivity index (χ2n) is 1.46. The Bertz CT molecular complexity index is 184. The second-order valence-corrected chi connectivity index (χ2v) is 2.01. The number of hydrogen-bond acceptors (Lipinski definition) is 3. The lowest BCUT2D eigenvalue weighted by atomic mass is 10.7. The van der Waals surface area contributed by atoms with Gasteiger partial charge in [-0.1, -0.05) is 16.8 Å². The average Bonchev–Trinajstić information content (AvgIpc) is 1.80. The number of hydrogen-bond donors (Lipinski definition) is 0. The SMILES string of the molecule is CC(Cl)=NOC(=O)C(F)(F)F. The smallest absolute Gasteiger partial charge is 0.308 e. The first-order chi connectivity index (χ1) is 4.84. The number of carbonyl (C=O) groups is 1. The summed E-state index contributed by atoms with van der Waals surface area (Å²) < 4.78 is 33.9. The van der Waals surface area contributed by atoms with Crippen molar-refractivity contribution < 1.29 is 22.8 Å². The van der Waals surface area contributed by atoms with E-state index in [1.165, 1.54) is 6.92 Å². The Morgan fingerprint density at radius 1 is 1.55 bits per heavy atom. The van der Waals surface area contributed by atoms with Crippen molar-refractivity contribution in [1.29, 1.82) is 0 Å². The van der Waals surface area contributed by atoms with Crippen molar-refractivity contribution in [3.63, 3.8) is 0 Å². The van der Waals surface area contributed by atoms with Crippen LogP contribution in [-0.4, -0.2) is 17.3 Å². The van der Waals surface area contributed by atoms with E-state index in [0.717, 1.165) is 0 Å². The quantitative estimate of drug-likeness (QED) is 0.358. The Balaban J connectivity index is 4.01. The summed E-state index contributed by atoms with van der Waals surface area (Å²) in [5, 5.41) is 2.31. The Labute approximate surface area is 64.8 Å². The Kier molecular flexibility index (Phi) is 3.31. The fourth-order valence-corrected chi connectivity index (χ4v) is 0.191. The standard InChI is InChI=1S/C4H3ClF3NO2/c1-2(5)9-11-3(10)4(6,7)8/h1H3. The maximum Gasteiger partial charge on any atom is 0.493 e. The topological polar surface area (TPSA) is 38.7 Å². The van der Waals surface area contributed by atoms with E-state index < -0.39 is 12.1 Å². The molecule has 0 radical (unpaired) electrons. The van der Waals surface area contributed by atoms with Crippen LogP contribution in [0.3, 0.4) is 0 Å². The van der Waals surface area contributed by atoms with Crippen molar-refractivity contribution in [2.75, 3.05) is 0 Å². The predicted molar refractivity (Wildman–Crippen MR) is 31.1 cm³/mol. The maximum atomic E-state index is 11.3. The molecule has 0 bridgehead atoms. The number of oxime groups is 1. The van der Waals surface area contributed by atoms with Gasteiger partial charge >= 0.3 is 12.1 Å². The summed E-state index contributed by atoms with van der Waals surface area (Å²) in [5.74, 6) is -2.39. The zero-order chi connectivity index (χ0) is 9.07. The molecule has 0 N–H and O–H groups in total. The molecule has 0 aliphatic carbocycles. The lowest BCUT2D eigenvalue weighted by Crippen LogP contribution is -2.23. The molecule has 0 heterocycles. The monoisotopic (exact) mass is 189 g/mol. The minimum Gasteiger partial charge on any atom is -0.308 e. The Morgan fingerprint density at radius 3 is 2.27 bits per heavy atom. The summed E-state index contributed by atoms with van der Waals surface area (Å²) >= 11 is 4.98. The molecule has 11 heavy (non-hydrogen) atoms.